The van der Waals surface area contributed by atoms with E-state index in [1.165, 1.54) is 12.8 Å². The molecule has 3 heteroatoms. The Kier molecular flexibility index (Phi) is 4.10. The van der Waals surface area contributed by atoms with Gasteiger partial charge in [0, 0.05) is 16.8 Å². The van der Waals surface area contributed by atoms with E-state index in [2.05, 4.69) is 42.0 Å². The van der Waals surface area contributed by atoms with Crippen molar-refractivity contribution in [2.45, 2.75) is 64.8 Å². The lowest BCUT2D eigenvalue weighted by Gasteiger charge is -2.36. The largest absolute Gasteiger partial charge is 0.350 e. The standard InChI is InChI=1S/C15H26BrNO/c1-14(2,3)12-6-4-11(5-7-12)13(18)17-15(10-16)8-9-15/h11-12H,4-10H2,1-3H3,(H,17,18). The normalized spacial score (nSPS) is 30.9. The average Bonchev–Trinajstić information content (AvgIpc) is 3.08. The fraction of sp³-hybridized carbons (Fsp3) is 0.933. The molecule has 2 fully saturated rings. The lowest BCUT2D eigenvalue weighted by atomic mass is 9.69. The van der Waals surface area contributed by atoms with Gasteiger partial charge in [-0.15, -0.1) is 0 Å². The van der Waals surface area contributed by atoms with Crippen LogP contribution in [-0.4, -0.2) is 16.8 Å². The Morgan fingerprint density at radius 2 is 1.78 bits per heavy atom. The van der Waals surface area contributed by atoms with Crippen LogP contribution in [0.5, 0.6) is 0 Å². The molecule has 2 rings (SSSR count). The van der Waals surface area contributed by atoms with E-state index in [1.807, 2.05) is 0 Å². The molecule has 0 aromatic carbocycles. The van der Waals surface area contributed by atoms with Crippen molar-refractivity contribution in [3.63, 3.8) is 0 Å². The summed E-state index contributed by atoms with van der Waals surface area (Å²) in [5, 5.41) is 4.16. The van der Waals surface area contributed by atoms with Crippen LogP contribution in [-0.2, 0) is 4.79 Å². The number of hydrogen-bond donors (Lipinski definition) is 1. The maximum Gasteiger partial charge on any atom is 0.223 e. The molecule has 2 aliphatic carbocycles. The highest BCUT2D eigenvalue weighted by Gasteiger charge is 2.44. The summed E-state index contributed by atoms with van der Waals surface area (Å²) >= 11 is 3.51. The van der Waals surface area contributed by atoms with Crippen LogP contribution in [0.3, 0.4) is 0 Å². The summed E-state index contributed by atoms with van der Waals surface area (Å²) in [6.07, 6.45) is 6.85. The monoisotopic (exact) mass is 315 g/mol. The summed E-state index contributed by atoms with van der Waals surface area (Å²) in [5.41, 5.74) is 0.507. The molecular weight excluding hydrogens is 290 g/mol. The van der Waals surface area contributed by atoms with Gasteiger partial charge in [-0.3, -0.25) is 4.79 Å². The second-order valence-electron chi connectivity index (χ2n) is 7.32. The van der Waals surface area contributed by atoms with Gasteiger partial charge in [0.2, 0.25) is 5.91 Å². The average molecular weight is 316 g/mol. The van der Waals surface area contributed by atoms with Crippen molar-refractivity contribution in [2.75, 3.05) is 5.33 Å². The molecule has 0 saturated heterocycles. The molecule has 104 valence electrons. The molecule has 2 aliphatic rings. The minimum absolute atomic E-state index is 0.109. The summed E-state index contributed by atoms with van der Waals surface area (Å²) in [6, 6.07) is 0. The van der Waals surface area contributed by atoms with E-state index >= 15 is 0 Å². The molecule has 0 heterocycles. The predicted octanol–water partition coefficient (Wildman–Crippen LogP) is 3.88. The number of rotatable bonds is 3. The van der Waals surface area contributed by atoms with E-state index in [0.29, 0.717) is 11.3 Å². The smallest absolute Gasteiger partial charge is 0.223 e. The van der Waals surface area contributed by atoms with Crippen molar-refractivity contribution < 1.29 is 4.79 Å². The molecule has 0 atom stereocenters. The topological polar surface area (TPSA) is 29.1 Å². The minimum atomic E-state index is 0.109. The molecule has 0 spiro atoms. The number of amides is 1. The number of halogens is 1. The second-order valence-corrected chi connectivity index (χ2v) is 7.88. The van der Waals surface area contributed by atoms with Crippen LogP contribution in [0.15, 0.2) is 0 Å². The zero-order valence-corrected chi connectivity index (χ0v) is 13.5. The molecule has 0 radical (unpaired) electrons. The SMILES string of the molecule is CC(C)(C)C1CCC(C(=O)NC2(CBr)CC2)CC1. The van der Waals surface area contributed by atoms with Gasteiger partial charge in [-0.25, -0.2) is 0 Å². The van der Waals surface area contributed by atoms with Gasteiger partial charge in [-0.05, 0) is 49.9 Å². The molecule has 1 amide bonds. The third kappa shape index (κ3) is 3.28. The Balaban J connectivity index is 1.81. The zero-order chi connectivity index (χ0) is 13.4. The van der Waals surface area contributed by atoms with Gasteiger partial charge < -0.3 is 5.32 Å². The van der Waals surface area contributed by atoms with Crippen molar-refractivity contribution in [2.24, 2.45) is 17.3 Å². The molecule has 0 aromatic heterocycles. The summed E-state index contributed by atoms with van der Waals surface area (Å²) in [6.45, 7) is 6.96. The van der Waals surface area contributed by atoms with E-state index in [1.54, 1.807) is 0 Å². The number of hydrogen-bond acceptors (Lipinski definition) is 1. The molecular formula is C15H26BrNO. The van der Waals surface area contributed by atoms with Gasteiger partial charge >= 0.3 is 0 Å². The third-order valence-electron chi connectivity index (χ3n) is 4.82. The first-order valence-corrected chi connectivity index (χ1v) is 8.36. The second kappa shape index (κ2) is 5.15. The predicted molar refractivity (Wildman–Crippen MR) is 78.8 cm³/mol. The van der Waals surface area contributed by atoms with E-state index in [0.717, 1.165) is 36.9 Å². The maximum absolute atomic E-state index is 12.2. The van der Waals surface area contributed by atoms with Crippen LogP contribution in [0.25, 0.3) is 0 Å². The van der Waals surface area contributed by atoms with Crippen LogP contribution in [0.4, 0.5) is 0 Å². The van der Waals surface area contributed by atoms with Gasteiger partial charge in [-0.1, -0.05) is 36.7 Å². The first kappa shape index (κ1) is 14.4. The molecule has 0 unspecified atom stereocenters. The van der Waals surface area contributed by atoms with Crippen molar-refractivity contribution in [1.29, 1.82) is 0 Å². The van der Waals surface area contributed by atoms with Gasteiger partial charge in [0.25, 0.3) is 0 Å². The Morgan fingerprint density at radius 3 is 2.17 bits per heavy atom. The van der Waals surface area contributed by atoms with Crippen LogP contribution in [0.1, 0.15) is 59.3 Å². The van der Waals surface area contributed by atoms with Crippen molar-refractivity contribution in [3.05, 3.63) is 0 Å². The summed E-state index contributed by atoms with van der Waals surface area (Å²) < 4.78 is 0. The van der Waals surface area contributed by atoms with Crippen molar-refractivity contribution in [1.82, 2.24) is 5.32 Å². The highest BCUT2D eigenvalue weighted by molar-refractivity contribution is 9.09. The number of nitrogens with one attached hydrogen (secondary N) is 1. The molecule has 0 aromatic rings. The van der Waals surface area contributed by atoms with Crippen LogP contribution in [0, 0.1) is 17.3 Å². The van der Waals surface area contributed by atoms with Crippen LogP contribution >= 0.6 is 15.9 Å². The minimum Gasteiger partial charge on any atom is -0.350 e. The summed E-state index contributed by atoms with van der Waals surface area (Å²) in [5.74, 6) is 1.35. The van der Waals surface area contributed by atoms with E-state index in [9.17, 15) is 4.79 Å². The summed E-state index contributed by atoms with van der Waals surface area (Å²) in [7, 11) is 0. The number of carbonyl (C=O) groups is 1. The Hall–Kier alpha value is -0.0500. The number of alkyl halides is 1. The van der Waals surface area contributed by atoms with Crippen molar-refractivity contribution in [3.8, 4) is 0 Å². The van der Waals surface area contributed by atoms with E-state index in [-0.39, 0.29) is 11.5 Å². The molecule has 2 saturated carbocycles. The van der Waals surface area contributed by atoms with Gasteiger partial charge in [0.05, 0.1) is 0 Å². The quantitative estimate of drug-likeness (QED) is 0.787. The van der Waals surface area contributed by atoms with Gasteiger partial charge in [0.1, 0.15) is 0 Å². The fourth-order valence-corrected chi connectivity index (χ4v) is 3.73. The Morgan fingerprint density at radius 1 is 1.22 bits per heavy atom. The van der Waals surface area contributed by atoms with Gasteiger partial charge in [-0.2, -0.15) is 0 Å². The maximum atomic E-state index is 12.2. The highest BCUT2D eigenvalue weighted by atomic mass is 79.9. The lowest BCUT2D eigenvalue weighted by molar-refractivity contribution is -0.127. The van der Waals surface area contributed by atoms with Crippen LogP contribution < -0.4 is 5.32 Å². The zero-order valence-electron chi connectivity index (χ0n) is 11.9. The van der Waals surface area contributed by atoms with Gasteiger partial charge in [0.15, 0.2) is 0 Å². The Bertz CT molecular complexity index is 309. The van der Waals surface area contributed by atoms with Crippen LogP contribution in [0.2, 0.25) is 0 Å². The molecule has 0 bridgehead atoms. The highest BCUT2D eigenvalue weighted by Crippen LogP contribution is 2.41. The van der Waals surface area contributed by atoms with E-state index in [4.69, 9.17) is 0 Å². The first-order chi connectivity index (χ1) is 8.36. The number of carbonyl (C=O) groups excluding carboxylic acids is 1. The first-order valence-electron chi connectivity index (χ1n) is 7.24. The molecule has 2 nitrogen and oxygen atoms in total. The lowest BCUT2D eigenvalue weighted by Crippen LogP contribution is -2.43. The summed E-state index contributed by atoms with van der Waals surface area (Å²) in [4.78, 5) is 12.2. The van der Waals surface area contributed by atoms with E-state index < -0.39 is 0 Å². The Labute approximate surface area is 119 Å². The molecule has 18 heavy (non-hydrogen) atoms. The third-order valence-corrected chi connectivity index (χ3v) is 5.89. The molecule has 1 N–H and O–H groups in total. The fourth-order valence-electron chi connectivity index (χ4n) is 3.03. The molecule has 0 aliphatic heterocycles. The van der Waals surface area contributed by atoms with Crippen molar-refractivity contribution >= 4 is 21.8 Å².